The van der Waals surface area contributed by atoms with Gasteiger partial charge in [-0.25, -0.2) is 0 Å². The molecule has 1 aromatic rings. The maximum Gasteiger partial charge on any atom is 0.264 e. The number of rotatable bonds is 3. The number of para-hydroxylation sites is 1. The molecule has 4 heteroatoms. The minimum atomic E-state index is -0.315. The van der Waals surface area contributed by atoms with E-state index < -0.39 is 0 Å². The van der Waals surface area contributed by atoms with Crippen molar-refractivity contribution in [3.8, 4) is 5.75 Å². The number of benzene rings is 1. The number of nitrogens with zero attached hydrogens (tertiary/aromatic N) is 2. The van der Waals surface area contributed by atoms with Crippen molar-refractivity contribution in [2.75, 3.05) is 19.6 Å². The number of hydrogen-bond donors (Lipinski definition) is 0. The summed E-state index contributed by atoms with van der Waals surface area (Å²) in [5, 5.41) is 0. The van der Waals surface area contributed by atoms with E-state index in [-0.39, 0.29) is 12.0 Å². The molecule has 3 heterocycles. The Morgan fingerprint density at radius 2 is 1.96 bits per heavy atom. The average molecular weight is 314 g/mol. The summed E-state index contributed by atoms with van der Waals surface area (Å²) < 4.78 is 5.94. The molecule has 2 fully saturated rings. The van der Waals surface area contributed by atoms with Gasteiger partial charge in [0.05, 0.1) is 0 Å². The Balaban J connectivity index is 1.48. The number of amides is 1. The van der Waals surface area contributed by atoms with Gasteiger partial charge in [-0.2, -0.15) is 0 Å². The van der Waals surface area contributed by atoms with Crippen molar-refractivity contribution in [3.05, 3.63) is 29.8 Å². The van der Waals surface area contributed by atoms with E-state index in [2.05, 4.69) is 22.8 Å². The maximum absolute atomic E-state index is 13.1. The van der Waals surface area contributed by atoms with Gasteiger partial charge in [0, 0.05) is 25.0 Å². The van der Waals surface area contributed by atoms with Crippen molar-refractivity contribution in [2.45, 2.75) is 57.2 Å². The predicted molar refractivity (Wildman–Crippen MR) is 89.6 cm³/mol. The number of hydrogen-bond acceptors (Lipinski definition) is 3. The van der Waals surface area contributed by atoms with Crippen LogP contribution >= 0.6 is 0 Å². The Kier molecular flexibility index (Phi) is 4.02. The van der Waals surface area contributed by atoms with E-state index >= 15 is 0 Å². The Morgan fingerprint density at radius 1 is 1.17 bits per heavy atom. The highest BCUT2D eigenvalue weighted by Crippen LogP contribution is 2.33. The Bertz CT molecular complexity index is 563. The third kappa shape index (κ3) is 2.63. The molecular weight excluding hydrogens is 288 g/mol. The summed E-state index contributed by atoms with van der Waals surface area (Å²) in [4.78, 5) is 17.8. The second-order valence-electron chi connectivity index (χ2n) is 7.00. The van der Waals surface area contributed by atoms with Crippen molar-refractivity contribution >= 4 is 5.91 Å². The fourth-order valence-corrected chi connectivity index (χ4v) is 4.65. The van der Waals surface area contributed by atoms with Crippen LogP contribution in [0.2, 0.25) is 0 Å². The molecule has 1 aromatic carbocycles. The summed E-state index contributed by atoms with van der Waals surface area (Å²) in [6, 6.07) is 8.97. The van der Waals surface area contributed by atoms with E-state index in [1.54, 1.807) is 0 Å². The van der Waals surface area contributed by atoms with Crippen molar-refractivity contribution in [3.63, 3.8) is 0 Å². The van der Waals surface area contributed by atoms with Crippen molar-refractivity contribution < 1.29 is 9.53 Å². The minimum absolute atomic E-state index is 0.201. The van der Waals surface area contributed by atoms with Crippen LogP contribution in [0.1, 0.15) is 38.2 Å². The first-order valence-electron chi connectivity index (χ1n) is 9.07. The zero-order valence-corrected chi connectivity index (χ0v) is 13.9. The van der Waals surface area contributed by atoms with E-state index in [0.29, 0.717) is 12.1 Å². The van der Waals surface area contributed by atoms with Gasteiger partial charge >= 0.3 is 0 Å². The average Bonchev–Trinajstić information content (AvgIpc) is 3.30. The lowest BCUT2D eigenvalue weighted by atomic mass is 10.0. The van der Waals surface area contributed by atoms with E-state index in [1.165, 1.54) is 19.4 Å². The molecule has 4 rings (SSSR count). The SMILES string of the molecule is CCN1CCC[C@@H]1[C@@H]1CCCN1C(=O)[C@H]1Cc2ccccc2O1. The number of carbonyl (C=O) groups is 1. The molecule has 0 bridgehead atoms. The van der Waals surface area contributed by atoms with Gasteiger partial charge in [0.15, 0.2) is 6.10 Å². The molecule has 3 aliphatic heterocycles. The van der Waals surface area contributed by atoms with E-state index in [9.17, 15) is 4.79 Å². The van der Waals surface area contributed by atoms with Crippen LogP contribution in [0.15, 0.2) is 24.3 Å². The van der Waals surface area contributed by atoms with Crippen molar-refractivity contribution in [1.82, 2.24) is 9.80 Å². The molecule has 2 saturated heterocycles. The van der Waals surface area contributed by atoms with Gasteiger partial charge in [-0.1, -0.05) is 25.1 Å². The highest BCUT2D eigenvalue weighted by molar-refractivity contribution is 5.83. The Morgan fingerprint density at radius 3 is 2.78 bits per heavy atom. The van der Waals surface area contributed by atoms with Gasteiger partial charge in [-0.15, -0.1) is 0 Å². The summed E-state index contributed by atoms with van der Waals surface area (Å²) in [5.74, 6) is 1.09. The van der Waals surface area contributed by atoms with E-state index in [1.807, 2.05) is 18.2 Å². The van der Waals surface area contributed by atoms with Crippen LogP contribution in [-0.2, 0) is 11.2 Å². The minimum Gasteiger partial charge on any atom is -0.480 e. The molecule has 0 saturated carbocycles. The quantitative estimate of drug-likeness (QED) is 0.859. The Labute approximate surface area is 138 Å². The van der Waals surface area contributed by atoms with Gasteiger partial charge < -0.3 is 9.64 Å². The Hall–Kier alpha value is -1.55. The van der Waals surface area contributed by atoms with Crippen molar-refractivity contribution in [2.24, 2.45) is 0 Å². The van der Waals surface area contributed by atoms with Crippen LogP contribution < -0.4 is 4.74 Å². The highest BCUT2D eigenvalue weighted by atomic mass is 16.5. The van der Waals surface area contributed by atoms with Gasteiger partial charge in [-0.3, -0.25) is 9.69 Å². The molecule has 3 aliphatic rings. The number of ether oxygens (including phenoxy) is 1. The number of likely N-dealkylation sites (tertiary alicyclic amines) is 2. The monoisotopic (exact) mass is 314 g/mol. The first-order valence-corrected chi connectivity index (χ1v) is 9.07. The van der Waals surface area contributed by atoms with E-state index in [4.69, 9.17) is 4.74 Å². The molecule has 0 aromatic heterocycles. The second kappa shape index (κ2) is 6.16. The first-order chi connectivity index (χ1) is 11.3. The molecule has 3 atom stereocenters. The number of fused-ring (bicyclic) bond motifs is 1. The molecule has 0 unspecified atom stereocenters. The molecule has 0 spiro atoms. The van der Waals surface area contributed by atoms with Gasteiger partial charge in [0.25, 0.3) is 5.91 Å². The molecule has 0 radical (unpaired) electrons. The first kappa shape index (κ1) is 15.0. The smallest absolute Gasteiger partial charge is 0.264 e. The summed E-state index contributed by atoms with van der Waals surface area (Å²) in [6.45, 7) is 5.41. The van der Waals surface area contributed by atoms with Gasteiger partial charge in [0.1, 0.15) is 5.75 Å². The lowest BCUT2D eigenvalue weighted by Gasteiger charge is -2.35. The summed E-state index contributed by atoms with van der Waals surface area (Å²) in [7, 11) is 0. The molecule has 0 N–H and O–H groups in total. The van der Waals surface area contributed by atoms with Crippen LogP contribution in [0.5, 0.6) is 5.75 Å². The topological polar surface area (TPSA) is 32.8 Å². The normalized spacial score (nSPS) is 30.5. The number of carbonyl (C=O) groups excluding carboxylic acids is 1. The standard InChI is InChI=1S/C19H26N2O2/c1-2-20-11-5-8-15(20)16-9-6-12-21(16)19(22)18-13-14-7-3-4-10-17(14)23-18/h3-4,7,10,15-16,18H,2,5-6,8-9,11-13H2,1H3/t15-,16+,18-/m1/s1. The summed E-state index contributed by atoms with van der Waals surface area (Å²) in [6.07, 6.45) is 5.18. The zero-order valence-electron chi connectivity index (χ0n) is 13.9. The lowest BCUT2D eigenvalue weighted by molar-refractivity contribution is -0.139. The fourth-order valence-electron chi connectivity index (χ4n) is 4.65. The largest absolute Gasteiger partial charge is 0.480 e. The predicted octanol–water partition coefficient (Wildman–Crippen LogP) is 2.47. The molecule has 23 heavy (non-hydrogen) atoms. The van der Waals surface area contributed by atoms with Crippen LogP contribution in [0.3, 0.4) is 0 Å². The molecule has 1 amide bonds. The van der Waals surface area contributed by atoms with Crippen LogP contribution in [-0.4, -0.2) is 53.5 Å². The maximum atomic E-state index is 13.1. The molecular formula is C19H26N2O2. The molecule has 124 valence electrons. The van der Waals surface area contributed by atoms with Crippen LogP contribution in [0, 0.1) is 0 Å². The summed E-state index contributed by atoms with van der Waals surface area (Å²) >= 11 is 0. The van der Waals surface area contributed by atoms with E-state index in [0.717, 1.165) is 43.7 Å². The van der Waals surface area contributed by atoms with Crippen molar-refractivity contribution in [1.29, 1.82) is 0 Å². The third-order valence-electron chi connectivity index (χ3n) is 5.77. The lowest BCUT2D eigenvalue weighted by Crippen LogP contribution is -2.51. The summed E-state index contributed by atoms with van der Waals surface area (Å²) in [5.41, 5.74) is 1.16. The highest BCUT2D eigenvalue weighted by Gasteiger charge is 2.42. The zero-order chi connectivity index (χ0) is 15.8. The number of likely N-dealkylation sites (N-methyl/N-ethyl adjacent to an activating group) is 1. The molecule has 4 nitrogen and oxygen atoms in total. The second-order valence-corrected chi connectivity index (χ2v) is 7.00. The van der Waals surface area contributed by atoms with Crippen LogP contribution in [0.4, 0.5) is 0 Å². The van der Waals surface area contributed by atoms with Gasteiger partial charge in [0.2, 0.25) is 0 Å². The fraction of sp³-hybridized carbons (Fsp3) is 0.632. The van der Waals surface area contributed by atoms with Crippen LogP contribution in [0.25, 0.3) is 0 Å². The third-order valence-corrected chi connectivity index (χ3v) is 5.77. The van der Waals surface area contributed by atoms with Gasteiger partial charge in [-0.05, 0) is 50.4 Å². The molecule has 0 aliphatic carbocycles.